The van der Waals surface area contributed by atoms with Crippen LogP contribution in [-0.4, -0.2) is 29.2 Å². The van der Waals surface area contributed by atoms with Gasteiger partial charge in [-0.2, -0.15) is 0 Å². The first-order valence-corrected chi connectivity index (χ1v) is 7.57. The van der Waals surface area contributed by atoms with Crippen LogP contribution in [0.1, 0.15) is 44.4 Å². The average molecular weight is 274 g/mol. The van der Waals surface area contributed by atoms with Crippen molar-refractivity contribution in [3.63, 3.8) is 0 Å². The molecule has 3 heteroatoms. The molecular weight excluding hydrogens is 248 g/mol. The maximum absolute atomic E-state index is 6.15. The van der Waals surface area contributed by atoms with Crippen LogP contribution in [0.2, 0.25) is 0 Å². The molecule has 1 fully saturated rings. The minimum absolute atomic E-state index is 0.0694. The maximum Gasteiger partial charge on any atom is 0.0760 e. The van der Waals surface area contributed by atoms with Crippen LogP contribution >= 0.6 is 0 Å². The minimum atomic E-state index is -0.0694. The lowest BCUT2D eigenvalue weighted by atomic mass is 9.98. The van der Waals surface area contributed by atoms with Crippen molar-refractivity contribution in [2.75, 3.05) is 13.1 Å². The van der Waals surface area contributed by atoms with E-state index in [9.17, 15) is 0 Å². The van der Waals surface area contributed by atoms with E-state index in [1.54, 1.807) is 0 Å². The maximum atomic E-state index is 6.15. The van der Waals surface area contributed by atoms with E-state index in [2.05, 4.69) is 56.1 Å². The summed E-state index contributed by atoms with van der Waals surface area (Å²) >= 11 is 0. The highest BCUT2D eigenvalue weighted by Crippen LogP contribution is 2.29. The zero-order chi connectivity index (χ0) is 14.4. The van der Waals surface area contributed by atoms with E-state index in [1.807, 2.05) is 0 Å². The third-order valence-electron chi connectivity index (χ3n) is 4.07. The lowest BCUT2D eigenvalue weighted by Crippen LogP contribution is -2.56. The molecule has 0 bridgehead atoms. The van der Waals surface area contributed by atoms with Crippen LogP contribution in [0.15, 0.2) is 18.2 Å². The van der Waals surface area contributed by atoms with Gasteiger partial charge in [0, 0.05) is 32.7 Å². The normalized spacial score (nSPS) is 24.6. The molecule has 0 aromatic heterocycles. The summed E-state index contributed by atoms with van der Waals surface area (Å²) in [4.78, 5) is 2.52. The molecule has 0 unspecified atom stereocenters. The molecular formula is C17H26N2O. The van der Waals surface area contributed by atoms with Crippen LogP contribution in [0.4, 0.5) is 0 Å². The molecule has 0 aliphatic carbocycles. The Labute approximate surface area is 122 Å². The van der Waals surface area contributed by atoms with Crippen molar-refractivity contribution in [2.45, 2.75) is 58.5 Å². The van der Waals surface area contributed by atoms with E-state index in [0.717, 1.165) is 32.7 Å². The Kier molecular flexibility index (Phi) is 3.39. The second-order valence-electron chi connectivity index (χ2n) is 7.47. The number of nitrogens with one attached hydrogen (secondary N) is 1. The number of hydrogen-bond donors (Lipinski definition) is 1. The van der Waals surface area contributed by atoms with E-state index in [1.165, 1.54) is 16.7 Å². The Morgan fingerprint density at radius 3 is 2.40 bits per heavy atom. The monoisotopic (exact) mass is 274 g/mol. The molecule has 0 saturated carbocycles. The molecule has 0 amide bonds. The second-order valence-corrected chi connectivity index (χ2v) is 7.47. The van der Waals surface area contributed by atoms with E-state index in [-0.39, 0.29) is 11.2 Å². The fraction of sp³-hybridized carbons (Fsp3) is 0.647. The smallest absolute Gasteiger partial charge is 0.0760 e. The van der Waals surface area contributed by atoms with Crippen molar-refractivity contribution < 1.29 is 4.74 Å². The van der Waals surface area contributed by atoms with Gasteiger partial charge in [0.2, 0.25) is 0 Å². The molecule has 2 aliphatic rings. The number of nitrogens with zero attached hydrogens (tertiary/aromatic N) is 1. The summed E-state index contributed by atoms with van der Waals surface area (Å²) in [7, 11) is 0. The lowest BCUT2D eigenvalue weighted by Gasteiger charge is -2.47. The fourth-order valence-corrected chi connectivity index (χ4v) is 3.76. The molecule has 1 aromatic rings. The standard InChI is InChI=1S/C17H26N2O/c1-16(2)11-19(12-17(3,4)20-16)10-13-5-6-14-8-18-9-15(14)7-13/h5-7,18H,8-12H2,1-4H3. The van der Waals surface area contributed by atoms with Crippen LogP contribution < -0.4 is 5.32 Å². The zero-order valence-electron chi connectivity index (χ0n) is 13.1. The molecule has 0 atom stereocenters. The Morgan fingerprint density at radius 2 is 1.70 bits per heavy atom. The predicted octanol–water partition coefficient (Wildman–Crippen LogP) is 2.68. The molecule has 1 aromatic carbocycles. The van der Waals surface area contributed by atoms with E-state index < -0.39 is 0 Å². The van der Waals surface area contributed by atoms with Crippen molar-refractivity contribution >= 4 is 0 Å². The number of rotatable bonds is 2. The van der Waals surface area contributed by atoms with E-state index in [4.69, 9.17) is 4.74 Å². The van der Waals surface area contributed by atoms with E-state index >= 15 is 0 Å². The second kappa shape index (κ2) is 4.83. The van der Waals surface area contributed by atoms with Crippen molar-refractivity contribution in [1.82, 2.24) is 10.2 Å². The largest absolute Gasteiger partial charge is 0.367 e. The number of fused-ring (bicyclic) bond motifs is 1. The molecule has 3 rings (SSSR count). The van der Waals surface area contributed by atoms with Gasteiger partial charge in [0.25, 0.3) is 0 Å². The van der Waals surface area contributed by atoms with Crippen LogP contribution in [0, 0.1) is 0 Å². The Morgan fingerprint density at radius 1 is 1.05 bits per heavy atom. The van der Waals surface area contributed by atoms with Crippen molar-refractivity contribution in [3.8, 4) is 0 Å². The molecule has 1 N–H and O–H groups in total. The van der Waals surface area contributed by atoms with Crippen molar-refractivity contribution in [3.05, 3.63) is 34.9 Å². The quantitative estimate of drug-likeness (QED) is 0.897. The molecule has 2 aliphatic heterocycles. The highest BCUT2D eigenvalue weighted by atomic mass is 16.5. The Bertz CT molecular complexity index is 492. The van der Waals surface area contributed by atoms with Gasteiger partial charge < -0.3 is 10.1 Å². The van der Waals surface area contributed by atoms with Gasteiger partial charge in [-0.1, -0.05) is 18.2 Å². The van der Waals surface area contributed by atoms with Crippen LogP contribution in [-0.2, 0) is 24.4 Å². The number of benzene rings is 1. The van der Waals surface area contributed by atoms with Gasteiger partial charge in [0.05, 0.1) is 11.2 Å². The van der Waals surface area contributed by atoms with E-state index in [0.29, 0.717) is 0 Å². The molecule has 20 heavy (non-hydrogen) atoms. The van der Waals surface area contributed by atoms with Gasteiger partial charge in [-0.25, -0.2) is 0 Å². The summed E-state index contributed by atoms with van der Waals surface area (Å²) in [6.45, 7) is 13.8. The summed E-state index contributed by atoms with van der Waals surface area (Å²) in [5.74, 6) is 0. The number of hydrogen-bond acceptors (Lipinski definition) is 3. The molecule has 0 spiro atoms. The molecule has 0 radical (unpaired) electrons. The predicted molar refractivity (Wildman–Crippen MR) is 81.5 cm³/mol. The summed E-state index contributed by atoms with van der Waals surface area (Å²) in [6, 6.07) is 6.92. The zero-order valence-corrected chi connectivity index (χ0v) is 13.1. The Hall–Kier alpha value is -0.900. The van der Waals surface area contributed by atoms with Gasteiger partial charge in [-0.15, -0.1) is 0 Å². The summed E-state index contributed by atoms with van der Waals surface area (Å²) in [6.07, 6.45) is 0. The third kappa shape index (κ3) is 3.05. The first-order chi connectivity index (χ1) is 9.33. The van der Waals surface area contributed by atoms with Crippen LogP contribution in [0.25, 0.3) is 0 Å². The molecule has 1 saturated heterocycles. The Balaban J connectivity index is 1.74. The lowest BCUT2D eigenvalue weighted by molar-refractivity contribution is -0.182. The van der Waals surface area contributed by atoms with Gasteiger partial charge in [0.1, 0.15) is 0 Å². The fourth-order valence-electron chi connectivity index (χ4n) is 3.76. The van der Waals surface area contributed by atoms with Gasteiger partial charge in [-0.3, -0.25) is 4.90 Å². The van der Waals surface area contributed by atoms with Gasteiger partial charge in [0.15, 0.2) is 0 Å². The first-order valence-electron chi connectivity index (χ1n) is 7.57. The molecule has 2 heterocycles. The first kappa shape index (κ1) is 14.1. The molecule has 3 nitrogen and oxygen atoms in total. The van der Waals surface area contributed by atoms with Crippen LogP contribution in [0.3, 0.4) is 0 Å². The van der Waals surface area contributed by atoms with Crippen LogP contribution in [0.5, 0.6) is 0 Å². The topological polar surface area (TPSA) is 24.5 Å². The number of ether oxygens (including phenoxy) is 1. The number of morpholine rings is 1. The highest BCUT2D eigenvalue weighted by Gasteiger charge is 2.37. The van der Waals surface area contributed by atoms with Crippen molar-refractivity contribution in [2.24, 2.45) is 0 Å². The minimum Gasteiger partial charge on any atom is -0.367 e. The average Bonchev–Trinajstić information content (AvgIpc) is 2.71. The summed E-state index contributed by atoms with van der Waals surface area (Å²) in [5.41, 5.74) is 4.20. The molecule has 110 valence electrons. The highest BCUT2D eigenvalue weighted by molar-refractivity contribution is 5.34. The van der Waals surface area contributed by atoms with Gasteiger partial charge >= 0.3 is 0 Å². The SMILES string of the molecule is CC1(C)CN(Cc2ccc3c(c2)CNC3)CC(C)(C)O1. The summed E-state index contributed by atoms with van der Waals surface area (Å²) in [5, 5.41) is 3.41. The van der Waals surface area contributed by atoms with Crippen molar-refractivity contribution in [1.29, 1.82) is 0 Å². The van der Waals surface area contributed by atoms with Gasteiger partial charge in [-0.05, 0) is 44.4 Å². The summed E-state index contributed by atoms with van der Waals surface area (Å²) < 4.78 is 6.15. The third-order valence-corrected chi connectivity index (χ3v) is 4.07.